The standard InChI is InChI=1S/C18H20ClF4N3O/c1-4-5-6-7-10-13(20)15(22)11(16(23)14(10)21)8-24-18(27)17-12(19)9(2)25-26(17)3/h4-8H2,1-3H3,(H,24,27). The zero-order valence-electron chi connectivity index (χ0n) is 15.2. The van der Waals surface area contributed by atoms with Crippen LogP contribution in [0, 0.1) is 30.2 Å². The maximum absolute atomic E-state index is 14.3. The minimum Gasteiger partial charge on any atom is -0.346 e. The number of amides is 1. The monoisotopic (exact) mass is 405 g/mol. The van der Waals surface area contributed by atoms with E-state index in [1.165, 1.54) is 11.7 Å². The first-order chi connectivity index (χ1) is 12.7. The molecule has 9 heteroatoms. The van der Waals surface area contributed by atoms with E-state index in [1.54, 1.807) is 6.92 Å². The number of hydrogen-bond donors (Lipinski definition) is 1. The van der Waals surface area contributed by atoms with Crippen molar-refractivity contribution in [3.05, 3.63) is 50.8 Å². The Balaban J connectivity index is 2.25. The van der Waals surface area contributed by atoms with Crippen LogP contribution in [0.1, 0.15) is 53.5 Å². The lowest BCUT2D eigenvalue weighted by molar-refractivity contribution is 0.0940. The third kappa shape index (κ3) is 4.26. The molecule has 0 radical (unpaired) electrons. The number of hydrogen-bond acceptors (Lipinski definition) is 2. The van der Waals surface area contributed by atoms with Crippen molar-refractivity contribution in [2.45, 2.75) is 46.1 Å². The molecule has 1 aromatic heterocycles. The fourth-order valence-electron chi connectivity index (χ4n) is 2.78. The zero-order chi connectivity index (χ0) is 20.3. The van der Waals surface area contributed by atoms with Crippen LogP contribution in [-0.4, -0.2) is 15.7 Å². The summed E-state index contributed by atoms with van der Waals surface area (Å²) >= 11 is 5.97. The molecule has 0 aliphatic carbocycles. The summed E-state index contributed by atoms with van der Waals surface area (Å²) in [4.78, 5) is 12.2. The summed E-state index contributed by atoms with van der Waals surface area (Å²) in [6, 6.07) is 0. The molecule has 0 saturated carbocycles. The van der Waals surface area contributed by atoms with Gasteiger partial charge in [-0.2, -0.15) is 5.10 Å². The van der Waals surface area contributed by atoms with E-state index >= 15 is 0 Å². The van der Waals surface area contributed by atoms with Crippen LogP contribution in [0.3, 0.4) is 0 Å². The molecular formula is C18H20ClF4N3O. The molecule has 2 aromatic rings. The number of halogens is 5. The van der Waals surface area contributed by atoms with Gasteiger partial charge in [0.15, 0.2) is 23.3 Å². The minimum atomic E-state index is -1.51. The molecule has 0 aliphatic rings. The zero-order valence-corrected chi connectivity index (χ0v) is 16.0. The minimum absolute atomic E-state index is 0.0212. The molecule has 0 spiro atoms. The molecule has 148 valence electrons. The van der Waals surface area contributed by atoms with E-state index in [9.17, 15) is 22.4 Å². The highest BCUT2D eigenvalue weighted by atomic mass is 35.5. The molecule has 1 aromatic carbocycles. The van der Waals surface area contributed by atoms with Gasteiger partial charge in [0, 0.05) is 24.7 Å². The van der Waals surface area contributed by atoms with E-state index in [-0.39, 0.29) is 17.1 Å². The number of benzene rings is 1. The molecule has 4 nitrogen and oxygen atoms in total. The van der Waals surface area contributed by atoms with Crippen molar-refractivity contribution in [2.24, 2.45) is 7.05 Å². The van der Waals surface area contributed by atoms with Crippen LogP contribution < -0.4 is 5.32 Å². The number of nitrogens with one attached hydrogen (secondary N) is 1. The Labute approximate surface area is 159 Å². The Kier molecular flexibility index (Phi) is 6.86. The number of nitrogens with zero attached hydrogens (tertiary/aromatic N) is 2. The second kappa shape index (κ2) is 8.73. The number of carbonyl (C=O) groups is 1. The molecule has 2 rings (SSSR count). The van der Waals surface area contributed by atoms with Gasteiger partial charge < -0.3 is 5.32 Å². The SMILES string of the molecule is CCCCCc1c(F)c(F)c(CNC(=O)c2c(Cl)c(C)nn2C)c(F)c1F. The lowest BCUT2D eigenvalue weighted by atomic mass is 10.0. The van der Waals surface area contributed by atoms with Gasteiger partial charge in [-0.05, 0) is 19.8 Å². The molecular weight excluding hydrogens is 386 g/mol. The Morgan fingerprint density at radius 1 is 1.07 bits per heavy atom. The second-order valence-corrected chi connectivity index (χ2v) is 6.60. The van der Waals surface area contributed by atoms with E-state index in [2.05, 4.69) is 10.4 Å². The highest BCUT2D eigenvalue weighted by molar-refractivity contribution is 6.34. The average molecular weight is 406 g/mol. The lowest BCUT2D eigenvalue weighted by Crippen LogP contribution is -2.27. The summed E-state index contributed by atoms with van der Waals surface area (Å²) < 4.78 is 58.1. The topological polar surface area (TPSA) is 46.9 Å². The van der Waals surface area contributed by atoms with Crippen LogP contribution >= 0.6 is 11.6 Å². The van der Waals surface area contributed by atoms with Crippen molar-refractivity contribution in [3.63, 3.8) is 0 Å². The number of carbonyl (C=O) groups excluding carboxylic acids is 1. The number of aryl methyl sites for hydroxylation is 2. The summed E-state index contributed by atoms with van der Waals surface area (Å²) in [5.74, 6) is -6.64. The normalized spacial score (nSPS) is 11.1. The van der Waals surface area contributed by atoms with Crippen molar-refractivity contribution in [1.29, 1.82) is 0 Å². The molecule has 0 saturated heterocycles. The maximum atomic E-state index is 14.3. The Bertz CT molecular complexity index is 838. The first kappa shape index (κ1) is 21.2. The number of aromatic nitrogens is 2. The van der Waals surface area contributed by atoms with Gasteiger partial charge in [0.05, 0.1) is 10.7 Å². The highest BCUT2D eigenvalue weighted by Crippen LogP contribution is 2.26. The summed E-state index contributed by atoms with van der Waals surface area (Å²) in [5, 5.41) is 6.26. The average Bonchev–Trinajstić information content (AvgIpc) is 2.88. The van der Waals surface area contributed by atoms with Gasteiger partial charge in [-0.1, -0.05) is 31.4 Å². The summed E-state index contributed by atoms with van der Waals surface area (Å²) in [5.41, 5.74) is -1.12. The van der Waals surface area contributed by atoms with Crippen molar-refractivity contribution >= 4 is 17.5 Å². The molecule has 1 N–H and O–H groups in total. The molecule has 0 bridgehead atoms. The van der Waals surface area contributed by atoms with Crippen molar-refractivity contribution < 1.29 is 22.4 Å². The quantitative estimate of drug-likeness (QED) is 0.415. The Morgan fingerprint density at radius 2 is 1.63 bits per heavy atom. The van der Waals surface area contributed by atoms with Crippen LogP contribution in [0.5, 0.6) is 0 Å². The van der Waals surface area contributed by atoms with Crippen molar-refractivity contribution in [2.75, 3.05) is 0 Å². The molecule has 0 unspecified atom stereocenters. The molecule has 0 fully saturated rings. The van der Waals surface area contributed by atoms with Gasteiger partial charge in [-0.15, -0.1) is 0 Å². The predicted octanol–water partition coefficient (Wildman–Crippen LogP) is 4.60. The van der Waals surface area contributed by atoms with E-state index < -0.39 is 46.8 Å². The van der Waals surface area contributed by atoms with Gasteiger partial charge in [0.25, 0.3) is 5.91 Å². The van der Waals surface area contributed by atoms with Crippen LogP contribution in [0.25, 0.3) is 0 Å². The van der Waals surface area contributed by atoms with Gasteiger partial charge >= 0.3 is 0 Å². The van der Waals surface area contributed by atoms with Gasteiger partial charge in [0.2, 0.25) is 0 Å². The lowest BCUT2D eigenvalue weighted by Gasteiger charge is -2.13. The van der Waals surface area contributed by atoms with E-state index in [0.717, 1.165) is 6.42 Å². The van der Waals surface area contributed by atoms with Crippen molar-refractivity contribution in [3.8, 4) is 0 Å². The van der Waals surface area contributed by atoms with Crippen LogP contribution in [0.15, 0.2) is 0 Å². The Morgan fingerprint density at radius 3 is 2.11 bits per heavy atom. The third-order valence-electron chi connectivity index (χ3n) is 4.27. The van der Waals surface area contributed by atoms with Gasteiger partial charge in [-0.25, -0.2) is 17.6 Å². The van der Waals surface area contributed by atoms with Crippen molar-refractivity contribution in [1.82, 2.24) is 15.1 Å². The molecule has 0 aliphatic heterocycles. The smallest absolute Gasteiger partial charge is 0.271 e. The molecule has 0 atom stereocenters. The van der Waals surface area contributed by atoms with Crippen LogP contribution in [-0.2, 0) is 20.0 Å². The van der Waals surface area contributed by atoms with E-state index in [4.69, 9.17) is 11.6 Å². The summed E-state index contributed by atoms with van der Waals surface area (Å²) in [7, 11) is 1.47. The summed E-state index contributed by atoms with van der Waals surface area (Å²) in [6.45, 7) is 2.75. The van der Waals surface area contributed by atoms with E-state index in [0.29, 0.717) is 18.5 Å². The fraction of sp³-hybridized carbons (Fsp3) is 0.444. The van der Waals surface area contributed by atoms with Crippen LogP contribution in [0.4, 0.5) is 17.6 Å². The van der Waals surface area contributed by atoms with Gasteiger partial charge in [-0.3, -0.25) is 9.48 Å². The number of unbranched alkanes of at least 4 members (excludes halogenated alkanes) is 2. The molecule has 1 amide bonds. The van der Waals surface area contributed by atoms with E-state index in [1.807, 2.05) is 6.92 Å². The maximum Gasteiger partial charge on any atom is 0.271 e. The van der Waals surface area contributed by atoms with Gasteiger partial charge in [0.1, 0.15) is 5.69 Å². The second-order valence-electron chi connectivity index (χ2n) is 6.22. The highest BCUT2D eigenvalue weighted by Gasteiger charge is 2.26. The third-order valence-corrected chi connectivity index (χ3v) is 4.72. The molecule has 27 heavy (non-hydrogen) atoms. The Hall–Kier alpha value is -2.09. The predicted molar refractivity (Wildman–Crippen MR) is 93.6 cm³/mol. The molecule has 1 heterocycles. The summed E-state index contributed by atoms with van der Waals surface area (Å²) in [6.07, 6.45) is 1.80. The van der Waals surface area contributed by atoms with Crippen LogP contribution in [0.2, 0.25) is 5.02 Å². The first-order valence-corrected chi connectivity index (χ1v) is 8.89. The fourth-order valence-corrected chi connectivity index (χ4v) is 3.03. The first-order valence-electron chi connectivity index (χ1n) is 8.51. The largest absolute Gasteiger partial charge is 0.346 e. The number of rotatable bonds is 7.